The van der Waals surface area contributed by atoms with E-state index >= 15 is 0 Å². The van der Waals surface area contributed by atoms with Gasteiger partial charge in [0.25, 0.3) is 5.91 Å². The lowest BCUT2D eigenvalue weighted by Crippen LogP contribution is -2.39. The standard InChI is InChI=1S/C14H20N2O2.ClH/c1-9-5-6-13(17)11(7-9)14(18)16-12-4-2-3-10(12)8-15;/h5-7,10,12,17H,2-4,8,15H2,1H3,(H,16,18);1H. The van der Waals surface area contributed by atoms with Gasteiger partial charge in [0.05, 0.1) is 5.56 Å². The Balaban J connectivity index is 0.00000180. The lowest BCUT2D eigenvalue weighted by atomic mass is 10.0. The summed E-state index contributed by atoms with van der Waals surface area (Å²) in [4.78, 5) is 12.1. The van der Waals surface area contributed by atoms with E-state index in [-0.39, 0.29) is 30.1 Å². The number of benzene rings is 1. The summed E-state index contributed by atoms with van der Waals surface area (Å²) in [6, 6.07) is 5.18. The zero-order chi connectivity index (χ0) is 13.1. The zero-order valence-corrected chi connectivity index (χ0v) is 11.9. The van der Waals surface area contributed by atoms with Crippen molar-refractivity contribution in [3.8, 4) is 5.75 Å². The molecule has 1 aliphatic rings. The van der Waals surface area contributed by atoms with Gasteiger partial charge in [-0.3, -0.25) is 4.79 Å². The maximum atomic E-state index is 12.1. The van der Waals surface area contributed by atoms with Crippen LogP contribution in [0, 0.1) is 12.8 Å². The zero-order valence-electron chi connectivity index (χ0n) is 11.1. The number of halogens is 1. The number of aryl methyl sites for hydroxylation is 1. The Kier molecular flexibility index (Phi) is 5.63. The van der Waals surface area contributed by atoms with Crippen LogP contribution in [0.2, 0.25) is 0 Å². The van der Waals surface area contributed by atoms with Crippen molar-refractivity contribution in [3.63, 3.8) is 0 Å². The Morgan fingerprint density at radius 1 is 1.47 bits per heavy atom. The van der Waals surface area contributed by atoms with Crippen molar-refractivity contribution in [1.82, 2.24) is 5.32 Å². The number of nitrogens with two attached hydrogens (primary N) is 1. The minimum atomic E-state index is -0.207. The molecule has 2 rings (SSSR count). The minimum absolute atomic E-state index is 0. The first-order valence-corrected chi connectivity index (χ1v) is 6.42. The molecule has 0 heterocycles. The van der Waals surface area contributed by atoms with Crippen molar-refractivity contribution >= 4 is 18.3 Å². The smallest absolute Gasteiger partial charge is 0.255 e. The van der Waals surface area contributed by atoms with E-state index in [2.05, 4.69) is 5.32 Å². The first-order valence-electron chi connectivity index (χ1n) is 6.42. The first kappa shape index (κ1) is 15.8. The third-order valence-electron chi connectivity index (χ3n) is 3.67. The molecular weight excluding hydrogens is 264 g/mol. The fourth-order valence-corrected chi connectivity index (χ4v) is 2.59. The summed E-state index contributed by atoms with van der Waals surface area (Å²) in [5.74, 6) is 0.183. The summed E-state index contributed by atoms with van der Waals surface area (Å²) in [6.07, 6.45) is 3.15. The number of carbonyl (C=O) groups is 1. The molecule has 1 fully saturated rings. The lowest BCUT2D eigenvalue weighted by Gasteiger charge is -2.19. The van der Waals surface area contributed by atoms with Crippen molar-refractivity contribution in [2.75, 3.05) is 6.54 Å². The van der Waals surface area contributed by atoms with Crippen LogP contribution in [-0.2, 0) is 0 Å². The molecule has 1 aliphatic carbocycles. The van der Waals surface area contributed by atoms with E-state index in [1.807, 2.05) is 6.92 Å². The van der Waals surface area contributed by atoms with Gasteiger partial charge in [0.2, 0.25) is 0 Å². The molecule has 1 aromatic carbocycles. The minimum Gasteiger partial charge on any atom is -0.507 e. The molecule has 1 aromatic rings. The number of rotatable bonds is 3. The predicted octanol–water partition coefficient (Wildman–Crippen LogP) is 1.98. The molecule has 4 nitrogen and oxygen atoms in total. The largest absolute Gasteiger partial charge is 0.507 e. The van der Waals surface area contributed by atoms with Gasteiger partial charge in [-0.2, -0.15) is 0 Å². The summed E-state index contributed by atoms with van der Waals surface area (Å²) in [5, 5.41) is 12.7. The number of hydrogen-bond acceptors (Lipinski definition) is 3. The second kappa shape index (κ2) is 6.78. The fraction of sp³-hybridized carbons (Fsp3) is 0.500. The van der Waals surface area contributed by atoms with Crippen molar-refractivity contribution in [2.24, 2.45) is 11.7 Å². The molecule has 4 N–H and O–H groups in total. The Hall–Kier alpha value is -1.26. The fourth-order valence-electron chi connectivity index (χ4n) is 2.59. The van der Waals surface area contributed by atoms with Gasteiger partial charge in [-0.15, -0.1) is 12.4 Å². The van der Waals surface area contributed by atoms with Crippen molar-refractivity contribution < 1.29 is 9.90 Å². The Morgan fingerprint density at radius 3 is 2.89 bits per heavy atom. The van der Waals surface area contributed by atoms with Crippen molar-refractivity contribution in [2.45, 2.75) is 32.2 Å². The number of hydrogen-bond donors (Lipinski definition) is 3. The average molecular weight is 285 g/mol. The summed E-state index contributed by atoms with van der Waals surface area (Å²) < 4.78 is 0. The molecule has 0 spiro atoms. The highest BCUT2D eigenvalue weighted by atomic mass is 35.5. The van der Waals surface area contributed by atoms with Gasteiger partial charge in [-0.05, 0) is 44.4 Å². The highest BCUT2D eigenvalue weighted by molar-refractivity contribution is 5.97. The van der Waals surface area contributed by atoms with Crippen LogP contribution in [-0.4, -0.2) is 23.6 Å². The molecule has 19 heavy (non-hydrogen) atoms. The van der Waals surface area contributed by atoms with Gasteiger partial charge < -0.3 is 16.2 Å². The highest BCUT2D eigenvalue weighted by Gasteiger charge is 2.28. The monoisotopic (exact) mass is 284 g/mol. The van der Waals surface area contributed by atoms with E-state index in [0.29, 0.717) is 18.0 Å². The van der Waals surface area contributed by atoms with Crippen LogP contribution >= 0.6 is 12.4 Å². The highest BCUT2D eigenvalue weighted by Crippen LogP contribution is 2.26. The van der Waals surface area contributed by atoms with Gasteiger partial charge in [0.15, 0.2) is 0 Å². The molecule has 0 saturated heterocycles. The molecule has 2 unspecified atom stereocenters. The van der Waals surface area contributed by atoms with Crippen LogP contribution in [0.1, 0.15) is 35.2 Å². The summed E-state index contributed by atoms with van der Waals surface area (Å²) >= 11 is 0. The second-order valence-electron chi connectivity index (χ2n) is 5.03. The SMILES string of the molecule is Cc1ccc(O)c(C(=O)NC2CCCC2CN)c1.Cl. The summed E-state index contributed by atoms with van der Waals surface area (Å²) in [7, 11) is 0. The molecule has 0 aromatic heterocycles. The van der Waals surface area contributed by atoms with E-state index in [4.69, 9.17) is 5.73 Å². The number of carbonyl (C=O) groups excluding carboxylic acids is 1. The van der Waals surface area contributed by atoms with Gasteiger partial charge in [0.1, 0.15) is 5.75 Å². The molecule has 0 bridgehead atoms. The Morgan fingerprint density at radius 2 is 2.21 bits per heavy atom. The van der Waals surface area contributed by atoms with Crippen LogP contribution in [0.5, 0.6) is 5.75 Å². The topological polar surface area (TPSA) is 75.3 Å². The Labute approximate surface area is 119 Å². The van der Waals surface area contributed by atoms with Gasteiger partial charge >= 0.3 is 0 Å². The van der Waals surface area contributed by atoms with Crippen molar-refractivity contribution in [1.29, 1.82) is 0 Å². The lowest BCUT2D eigenvalue weighted by molar-refractivity contribution is 0.0926. The Bertz CT molecular complexity index is 451. The number of aromatic hydroxyl groups is 1. The molecule has 106 valence electrons. The number of phenols is 1. The predicted molar refractivity (Wildman–Crippen MR) is 77.7 cm³/mol. The first-order chi connectivity index (χ1) is 8.61. The van der Waals surface area contributed by atoms with Gasteiger partial charge in [0, 0.05) is 6.04 Å². The van der Waals surface area contributed by atoms with Crippen LogP contribution < -0.4 is 11.1 Å². The van der Waals surface area contributed by atoms with Crippen LogP contribution in [0.3, 0.4) is 0 Å². The molecule has 1 saturated carbocycles. The maximum Gasteiger partial charge on any atom is 0.255 e. The normalized spacial score (nSPS) is 21.8. The summed E-state index contributed by atoms with van der Waals surface area (Å²) in [6.45, 7) is 2.50. The average Bonchev–Trinajstić information content (AvgIpc) is 2.79. The quantitative estimate of drug-likeness (QED) is 0.794. The molecular formula is C14H21ClN2O2. The van der Waals surface area contributed by atoms with E-state index in [9.17, 15) is 9.90 Å². The van der Waals surface area contributed by atoms with Gasteiger partial charge in [-0.1, -0.05) is 18.1 Å². The van der Waals surface area contributed by atoms with Gasteiger partial charge in [-0.25, -0.2) is 0 Å². The molecule has 0 radical (unpaired) electrons. The van der Waals surface area contributed by atoms with Crippen molar-refractivity contribution in [3.05, 3.63) is 29.3 Å². The number of amides is 1. The van der Waals surface area contributed by atoms with E-state index in [0.717, 1.165) is 24.8 Å². The molecule has 0 aliphatic heterocycles. The summed E-state index contributed by atoms with van der Waals surface area (Å²) in [5.41, 5.74) is 7.00. The van der Waals surface area contributed by atoms with E-state index < -0.39 is 0 Å². The van der Waals surface area contributed by atoms with Crippen LogP contribution in [0.15, 0.2) is 18.2 Å². The van der Waals surface area contributed by atoms with E-state index in [1.54, 1.807) is 18.2 Å². The van der Waals surface area contributed by atoms with Crippen LogP contribution in [0.25, 0.3) is 0 Å². The number of phenolic OH excluding ortho intramolecular Hbond substituents is 1. The van der Waals surface area contributed by atoms with Crippen LogP contribution in [0.4, 0.5) is 0 Å². The molecule has 1 amide bonds. The third-order valence-corrected chi connectivity index (χ3v) is 3.67. The third kappa shape index (κ3) is 3.61. The number of nitrogens with one attached hydrogen (secondary N) is 1. The van der Waals surface area contributed by atoms with E-state index in [1.165, 1.54) is 0 Å². The maximum absolute atomic E-state index is 12.1. The second-order valence-corrected chi connectivity index (χ2v) is 5.03. The molecule has 2 atom stereocenters. The molecule has 5 heteroatoms.